The molecule has 0 atom stereocenters. The van der Waals surface area contributed by atoms with E-state index in [1.807, 2.05) is 35.6 Å². The Bertz CT molecular complexity index is 647. The topological polar surface area (TPSA) is 52.3 Å². The zero-order valence-corrected chi connectivity index (χ0v) is 8.79. The molecule has 0 unspecified atom stereocenters. The molecule has 0 fully saturated rings. The highest BCUT2D eigenvalue weighted by Crippen LogP contribution is 2.21. The van der Waals surface area contributed by atoms with Crippen LogP contribution in [-0.2, 0) is 0 Å². The fraction of sp³-hybridized carbons (Fsp3) is 0.182. The number of benzene rings is 1. The van der Waals surface area contributed by atoms with E-state index in [2.05, 4.69) is 15.2 Å². The minimum Gasteiger partial charge on any atom is -0.475 e. The molecular formula is C11H10N4O. The second-order valence-electron chi connectivity index (χ2n) is 3.36. The van der Waals surface area contributed by atoms with Crippen LogP contribution in [0.1, 0.15) is 6.92 Å². The Labute approximate surface area is 91.7 Å². The molecule has 3 aromatic rings. The second kappa shape index (κ2) is 3.44. The molecule has 0 saturated carbocycles. The van der Waals surface area contributed by atoms with Gasteiger partial charge in [-0.25, -0.2) is 4.98 Å². The lowest BCUT2D eigenvalue weighted by molar-refractivity contribution is 0.330. The van der Waals surface area contributed by atoms with Crippen molar-refractivity contribution in [1.29, 1.82) is 0 Å². The van der Waals surface area contributed by atoms with Gasteiger partial charge in [-0.3, -0.25) is 4.40 Å². The summed E-state index contributed by atoms with van der Waals surface area (Å²) in [5, 5.41) is 7.90. The zero-order valence-electron chi connectivity index (χ0n) is 8.79. The Morgan fingerprint density at radius 1 is 1.31 bits per heavy atom. The van der Waals surface area contributed by atoms with Crippen molar-refractivity contribution in [3.05, 3.63) is 30.6 Å². The molecular weight excluding hydrogens is 204 g/mol. The van der Waals surface area contributed by atoms with Gasteiger partial charge >= 0.3 is 0 Å². The van der Waals surface area contributed by atoms with E-state index < -0.39 is 0 Å². The molecule has 1 aromatic carbocycles. The van der Waals surface area contributed by atoms with Gasteiger partial charge in [0.25, 0.3) is 5.88 Å². The Hall–Kier alpha value is -2.17. The molecule has 80 valence electrons. The van der Waals surface area contributed by atoms with Crippen LogP contribution in [0.5, 0.6) is 5.88 Å². The van der Waals surface area contributed by atoms with Crippen LogP contribution in [0.25, 0.3) is 16.7 Å². The highest BCUT2D eigenvalue weighted by Gasteiger charge is 2.09. The van der Waals surface area contributed by atoms with E-state index in [1.54, 1.807) is 6.33 Å². The molecule has 0 saturated heterocycles. The smallest absolute Gasteiger partial charge is 0.260 e. The van der Waals surface area contributed by atoms with Crippen LogP contribution in [-0.4, -0.2) is 26.2 Å². The quantitative estimate of drug-likeness (QED) is 0.651. The minimum absolute atomic E-state index is 0.527. The summed E-state index contributed by atoms with van der Waals surface area (Å²) in [6, 6.07) is 7.83. The van der Waals surface area contributed by atoms with Crippen molar-refractivity contribution in [1.82, 2.24) is 19.6 Å². The summed E-state index contributed by atoms with van der Waals surface area (Å²) in [6.45, 7) is 2.48. The van der Waals surface area contributed by atoms with Gasteiger partial charge < -0.3 is 4.74 Å². The van der Waals surface area contributed by atoms with E-state index in [0.717, 1.165) is 11.0 Å². The molecule has 0 aliphatic heterocycles. The summed E-state index contributed by atoms with van der Waals surface area (Å²) in [7, 11) is 0. The van der Waals surface area contributed by atoms with Crippen molar-refractivity contribution in [2.75, 3.05) is 6.61 Å². The molecule has 0 spiro atoms. The first kappa shape index (κ1) is 9.08. The first-order chi connectivity index (χ1) is 7.90. The standard InChI is InChI=1S/C11H10N4O/c1-2-16-11-10-14-12-7-15(10)9-6-4-3-5-8(9)13-11/h3-7H,2H2,1H3. The van der Waals surface area contributed by atoms with Gasteiger partial charge in [0.05, 0.1) is 17.6 Å². The van der Waals surface area contributed by atoms with Gasteiger partial charge in [-0.2, -0.15) is 0 Å². The summed E-state index contributed by atoms with van der Waals surface area (Å²) < 4.78 is 7.33. The van der Waals surface area contributed by atoms with Crippen molar-refractivity contribution in [2.45, 2.75) is 6.92 Å². The van der Waals surface area contributed by atoms with Crippen molar-refractivity contribution >= 4 is 16.7 Å². The normalized spacial score (nSPS) is 11.1. The molecule has 0 aliphatic carbocycles. The predicted octanol–water partition coefficient (Wildman–Crippen LogP) is 1.68. The van der Waals surface area contributed by atoms with Crippen LogP contribution in [0, 0.1) is 0 Å². The number of aromatic nitrogens is 4. The third-order valence-corrected chi connectivity index (χ3v) is 2.38. The minimum atomic E-state index is 0.527. The molecule has 0 radical (unpaired) electrons. The molecule has 0 amide bonds. The Morgan fingerprint density at radius 3 is 3.06 bits per heavy atom. The van der Waals surface area contributed by atoms with Crippen LogP contribution in [0.2, 0.25) is 0 Å². The van der Waals surface area contributed by atoms with E-state index in [1.165, 1.54) is 0 Å². The highest BCUT2D eigenvalue weighted by molar-refractivity contribution is 5.79. The number of nitrogens with zero attached hydrogens (tertiary/aromatic N) is 4. The van der Waals surface area contributed by atoms with Crippen LogP contribution >= 0.6 is 0 Å². The Kier molecular flexibility index (Phi) is 1.96. The maximum atomic E-state index is 5.45. The van der Waals surface area contributed by atoms with Crippen molar-refractivity contribution in [3.8, 4) is 5.88 Å². The first-order valence-corrected chi connectivity index (χ1v) is 5.11. The summed E-state index contributed by atoms with van der Waals surface area (Å²) >= 11 is 0. The van der Waals surface area contributed by atoms with Gasteiger partial charge in [-0.1, -0.05) is 12.1 Å². The van der Waals surface area contributed by atoms with Gasteiger partial charge in [0.1, 0.15) is 6.33 Å². The third kappa shape index (κ3) is 1.21. The van der Waals surface area contributed by atoms with Crippen LogP contribution < -0.4 is 4.74 Å². The molecule has 16 heavy (non-hydrogen) atoms. The molecule has 5 heteroatoms. The Balaban J connectivity index is 2.43. The molecule has 5 nitrogen and oxygen atoms in total. The molecule has 0 bridgehead atoms. The van der Waals surface area contributed by atoms with Crippen molar-refractivity contribution in [2.24, 2.45) is 0 Å². The number of ether oxygens (including phenoxy) is 1. The van der Waals surface area contributed by atoms with E-state index in [0.29, 0.717) is 18.1 Å². The van der Waals surface area contributed by atoms with Crippen LogP contribution in [0.3, 0.4) is 0 Å². The van der Waals surface area contributed by atoms with Crippen LogP contribution in [0.15, 0.2) is 30.6 Å². The SMILES string of the molecule is CCOc1nc2ccccc2n2cnnc12. The van der Waals surface area contributed by atoms with Gasteiger partial charge in [0.15, 0.2) is 0 Å². The fourth-order valence-electron chi connectivity index (χ4n) is 1.71. The van der Waals surface area contributed by atoms with E-state index in [4.69, 9.17) is 4.74 Å². The monoisotopic (exact) mass is 214 g/mol. The molecule has 3 rings (SSSR count). The largest absolute Gasteiger partial charge is 0.475 e. The molecule has 0 N–H and O–H groups in total. The second-order valence-corrected chi connectivity index (χ2v) is 3.36. The summed E-state index contributed by atoms with van der Waals surface area (Å²) in [4.78, 5) is 4.42. The highest BCUT2D eigenvalue weighted by atomic mass is 16.5. The molecule has 0 aliphatic rings. The van der Waals surface area contributed by atoms with Gasteiger partial charge in [-0.15, -0.1) is 10.2 Å². The average molecular weight is 214 g/mol. The zero-order chi connectivity index (χ0) is 11.0. The lowest BCUT2D eigenvalue weighted by atomic mass is 10.3. The third-order valence-electron chi connectivity index (χ3n) is 2.38. The first-order valence-electron chi connectivity index (χ1n) is 5.11. The summed E-state index contributed by atoms with van der Waals surface area (Å²) in [5.41, 5.74) is 2.50. The maximum absolute atomic E-state index is 5.45. The van der Waals surface area contributed by atoms with E-state index in [-0.39, 0.29) is 0 Å². The van der Waals surface area contributed by atoms with Gasteiger partial charge in [-0.05, 0) is 19.1 Å². The lowest BCUT2D eigenvalue weighted by Crippen LogP contribution is -1.99. The van der Waals surface area contributed by atoms with Gasteiger partial charge in [0, 0.05) is 0 Å². The summed E-state index contributed by atoms with van der Waals surface area (Å²) in [5.74, 6) is 0.527. The Morgan fingerprint density at radius 2 is 2.19 bits per heavy atom. The number of fused-ring (bicyclic) bond motifs is 3. The van der Waals surface area contributed by atoms with E-state index in [9.17, 15) is 0 Å². The number of hydrogen-bond donors (Lipinski definition) is 0. The molecule has 2 heterocycles. The van der Waals surface area contributed by atoms with Crippen LogP contribution in [0.4, 0.5) is 0 Å². The number of rotatable bonds is 2. The fourth-order valence-corrected chi connectivity index (χ4v) is 1.71. The summed E-state index contributed by atoms with van der Waals surface area (Å²) in [6.07, 6.45) is 1.67. The van der Waals surface area contributed by atoms with Crippen molar-refractivity contribution < 1.29 is 4.74 Å². The lowest BCUT2D eigenvalue weighted by Gasteiger charge is -2.05. The number of hydrogen-bond acceptors (Lipinski definition) is 4. The predicted molar refractivity (Wildman–Crippen MR) is 59.5 cm³/mol. The molecule has 2 aromatic heterocycles. The average Bonchev–Trinajstić information content (AvgIpc) is 2.79. The van der Waals surface area contributed by atoms with Crippen molar-refractivity contribution in [3.63, 3.8) is 0 Å². The number of para-hydroxylation sites is 2. The maximum Gasteiger partial charge on any atom is 0.260 e. The van der Waals surface area contributed by atoms with E-state index >= 15 is 0 Å². The van der Waals surface area contributed by atoms with Gasteiger partial charge in [0.2, 0.25) is 5.65 Å².